The molecule has 1 aromatic rings. The van der Waals surface area contributed by atoms with Gasteiger partial charge in [0.25, 0.3) is 0 Å². The predicted molar refractivity (Wildman–Crippen MR) is 117 cm³/mol. The number of nitrogens with one attached hydrogen (secondary N) is 2. The largest absolute Gasteiger partial charge is 0.481 e. The van der Waals surface area contributed by atoms with Crippen LogP contribution in [0.2, 0.25) is 18.1 Å². The van der Waals surface area contributed by atoms with Crippen molar-refractivity contribution in [3.8, 4) is 0 Å². The van der Waals surface area contributed by atoms with E-state index in [1.807, 2.05) is 43.4 Å². The molecule has 0 fully saturated rings. The number of aliphatic carboxylic acids is 1. The summed E-state index contributed by atoms with van der Waals surface area (Å²) in [6, 6.07) is 9.31. The number of amides is 2. The van der Waals surface area contributed by atoms with Crippen LogP contribution in [0.3, 0.4) is 0 Å². The number of carbonyl (C=O) groups is 3. The van der Waals surface area contributed by atoms with Gasteiger partial charge in [0.15, 0.2) is 8.32 Å². The van der Waals surface area contributed by atoms with Crippen molar-refractivity contribution in [1.82, 2.24) is 10.6 Å². The predicted octanol–water partition coefficient (Wildman–Crippen LogP) is 3.28. The second kappa shape index (κ2) is 11.7. The molecule has 30 heavy (non-hydrogen) atoms. The maximum atomic E-state index is 12.2. The number of carboxylic acids is 1. The van der Waals surface area contributed by atoms with Gasteiger partial charge in [-0.25, -0.2) is 4.79 Å². The van der Waals surface area contributed by atoms with Crippen molar-refractivity contribution in [1.29, 1.82) is 0 Å². The van der Waals surface area contributed by atoms with Gasteiger partial charge in [0.05, 0.1) is 18.9 Å². The first kappa shape index (κ1) is 25.6. The van der Waals surface area contributed by atoms with Gasteiger partial charge in [-0.2, -0.15) is 0 Å². The smallest absolute Gasteiger partial charge is 0.407 e. The molecule has 3 N–H and O–H groups in total. The number of alkyl carbamates (subject to hydrolysis) is 1. The Morgan fingerprint density at radius 3 is 2.20 bits per heavy atom. The Hall–Kier alpha value is -2.39. The van der Waals surface area contributed by atoms with Crippen LogP contribution >= 0.6 is 0 Å². The van der Waals surface area contributed by atoms with Crippen LogP contribution in [-0.2, 0) is 25.4 Å². The van der Waals surface area contributed by atoms with E-state index >= 15 is 0 Å². The zero-order valence-corrected chi connectivity index (χ0v) is 19.5. The molecule has 1 unspecified atom stereocenters. The Morgan fingerprint density at radius 1 is 1.03 bits per heavy atom. The highest BCUT2D eigenvalue weighted by molar-refractivity contribution is 6.74. The first-order valence-corrected chi connectivity index (χ1v) is 12.9. The lowest BCUT2D eigenvalue weighted by Crippen LogP contribution is -2.46. The lowest BCUT2D eigenvalue weighted by atomic mass is 10.2. The average Bonchev–Trinajstić information content (AvgIpc) is 2.62. The van der Waals surface area contributed by atoms with Gasteiger partial charge in [-0.3, -0.25) is 9.59 Å². The molecule has 0 bridgehead atoms. The molecule has 0 saturated carbocycles. The first-order chi connectivity index (χ1) is 13.9. The maximum absolute atomic E-state index is 12.2. The molecule has 2 amide bonds. The molecule has 1 atom stereocenters. The lowest BCUT2D eigenvalue weighted by molar-refractivity contribution is -0.139. The highest BCUT2D eigenvalue weighted by atomic mass is 28.4. The molecule has 8 nitrogen and oxygen atoms in total. The highest BCUT2D eigenvalue weighted by Gasteiger charge is 2.39. The quantitative estimate of drug-likeness (QED) is 0.361. The second-order valence-corrected chi connectivity index (χ2v) is 13.4. The van der Waals surface area contributed by atoms with Crippen LogP contribution in [0.1, 0.15) is 39.2 Å². The topological polar surface area (TPSA) is 114 Å². The fourth-order valence-electron chi connectivity index (χ4n) is 2.36. The first-order valence-electron chi connectivity index (χ1n) is 10.0. The van der Waals surface area contributed by atoms with Gasteiger partial charge >= 0.3 is 12.1 Å². The van der Waals surface area contributed by atoms with Gasteiger partial charge < -0.3 is 24.9 Å². The molecule has 9 heteroatoms. The van der Waals surface area contributed by atoms with E-state index in [0.29, 0.717) is 0 Å². The van der Waals surface area contributed by atoms with Crippen molar-refractivity contribution < 1.29 is 28.7 Å². The Kier molecular flexibility index (Phi) is 10.0. The Morgan fingerprint density at radius 2 is 1.63 bits per heavy atom. The zero-order valence-electron chi connectivity index (χ0n) is 18.5. The number of carbonyl (C=O) groups excluding carboxylic acids is 2. The SMILES string of the molecule is CC(C)(C)[Si](C)(C)OC(CC(=O)O)CC(=O)NCCNC(=O)OCc1ccccc1. The van der Waals surface area contributed by atoms with Crippen molar-refractivity contribution in [2.24, 2.45) is 0 Å². The molecule has 0 aliphatic carbocycles. The normalized spacial score (nSPS) is 12.7. The number of benzene rings is 1. The molecule has 0 spiro atoms. The molecular formula is C21H34N2O6Si. The molecule has 0 saturated heterocycles. The third-order valence-electron chi connectivity index (χ3n) is 5.01. The number of carboxylic acid groups (broad SMARTS) is 1. The second-order valence-electron chi connectivity index (χ2n) is 8.64. The van der Waals surface area contributed by atoms with E-state index < -0.39 is 26.5 Å². The fourth-order valence-corrected chi connectivity index (χ4v) is 3.72. The molecule has 0 heterocycles. The minimum Gasteiger partial charge on any atom is -0.481 e. The van der Waals surface area contributed by atoms with Crippen LogP contribution < -0.4 is 10.6 Å². The Labute approximate surface area is 179 Å². The highest BCUT2D eigenvalue weighted by Crippen LogP contribution is 2.37. The van der Waals surface area contributed by atoms with Crippen LogP contribution in [0.15, 0.2) is 30.3 Å². The lowest BCUT2D eigenvalue weighted by Gasteiger charge is -2.38. The van der Waals surface area contributed by atoms with E-state index in [-0.39, 0.29) is 43.5 Å². The zero-order chi connectivity index (χ0) is 22.8. The van der Waals surface area contributed by atoms with Crippen molar-refractivity contribution in [3.05, 3.63) is 35.9 Å². The Balaban J connectivity index is 2.37. The summed E-state index contributed by atoms with van der Waals surface area (Å²) in [6.07, 6.45) is -1.54. The summed E-state index contributed by atoms with van der Waals surface area (Å²) in [7, 11) is -2.21. The van der Waals surface area contributed by atoms with E-state index in [2.05, 4.69) is 31.4 Å². The minimum atomic E-state index is -2.21. The monoisotopic (exact) mass is 438 g/mol. The molecule has 168 valence electrons. The van der Waals surface area contributed by atoms with Gasteiger partial charge in [-0.1, -0.05) is 51.1 Å². The Bertz CT molecular complexity index is 703. The molecule has 0 aliphatic heterocycles. The van der Waals surface area contributed by atoms with Gasteiger partial charge in [0, 0.05) is 13.1 Å². The van der Waals surface area contributed by atoms with Crippen LogP contribution in [-0.4, -0.2) is 50.6 Å². The van der Waals surface area contributed by atoms with Crippen LogP contribution in [0.4, 0.5) is 4.79 Å². The van der Waals surface area contributed by atoms with Crippen molar-refractivity contribution >= 4 is 26.3 Å². The average molecular weight is 439 g/mol. The summed E-state index contributed by atoms with van der Waals surface area (Å²) in [5.41, 5.74) is 0.882. The van der Waals surface area contributed by atoms with E-state index in [0.717, 1.165) is 5.56 Å². The van der Waals surface area contributed by atoms with Crippen LogP contribution in [0, 0.1) is 0 Å². The third kappa shape index (κ3) is 9.88. The summed E-state index contributed by atoms with van der Waals surface area (Å²) in [5, 5.41) is 14.3. The van der Waals surface area contributed by atoms with Crippen molar-refractivity contribution in [2.75, 3.05) is 13.1 Å². The molecule has 0 aliphatic rings. The standard InChI is InChI=1S/C21H34N2O6Si/c1-21(2,3)30(4,5)29-17(14-19(25)26)13-18(24)22-11-12-23-20(27)28-15-16-9-7-6-8-10-16/h6-10,17H,11-15H2,1-5H3,(H,22,24)(H,23,27)(H,25,26). The third-order valence-corrected chi connectivity index (χ3v) is 9.55. The minimum absolute atomic E-state index is 0.0444. The molecule has 0 aromatic heterocycles. The number of hydrogen-bond donors (Lipinski definition) is 3. The molecule has 0 radical (unpaired) electrons. The summed E-state index contributed by atoms with van der Waals surface area (Å²) in [6.45, 7) is 10.8. The molecular weight excluding hydrogens is 404 g/mol. The summed E-state index contributed by atoms with van der Waals surface area (Å²) in [4.78, 5) is 35.1. The summed E-state index contributed by atoms with van der Waals surface area (Å²) < 4.78 is 11.2. The molecule has 1 rings (SSSR count). The number of rotatable bonds is 11. The summed E-state index contributed by atoms with van der Waals surface area (Å²) >= 11 is 0. The maximum Gasteiger partial charge on any atom is 0.407 e. The fraction of sp³-hybridized carbons (Fsp3) is 0.571. The number of hydrogen-bond acceptors (Lipinski definition) is 5. The number of ether oxygens (including phenoxy) is 1. The van der Waals surface area contributed by atoms with Crippen LogP contribution in [0.5, 0.6) is 0 Å². The van der Waals surface area contributed by atoms with Gasteiger partial charge in [0.1, 0.15) is 6.61 Å². The van der Waals surface area contributed by atoms with E-state index in [1.165, 1.54) is 0 Å². The van der Waals surface area contributed by atoms with Crippen molar-refractivity contribution in [3.63, 3.8) is 0 Å². The van der Waals surface area contributed by atoms with Gasteiger partial charge in [-0.15, -0.1) is 0 Å². The van der Waals surface area contributed by atoms with E-state index in [1.54, 1.807) is 0 Å². The van der Waals surface area contributed by atoms with E-state index in [9.17, 15) is 14.4 Å². The van der Waals surface area contributed by atoms with Gasteiger partial charge in [0.2, 0.25) is 5.91 Å². The van der Waals surface area contributed by atoms with Crippen LogP contribution in [0.25, 0.3) is 0 Å². The van der Waals surface area contributed by atoms with Gasteiger partial charge in [-0.05, 0) is 23.7 Å². The van der Waals surface area contributed by atoms with E-state index in [4.69, 9.17) is 14.3 Å². The van der Waals surface area contributed by atoms with Crippen molar-refractivity contribution in [2.45, 2.75) is 64.5 Å². The summed E-state index contributed by atoms with van der Waals surface area (Å²) in [5.74, 6) is -1.33. The molecule has 1 aromatic carbocycles.